The Balaban J connectivity index is 3.26. The number of hydrogen-bond acceptors (Lipinski definition) is 8. The molecule has 1 aliphatic heterocycles. The Hall–Kier alpha value is -1.67. The highest BCUT2D eigenvalue weighted by Crippen LogP contribution is 2.40. The summed E-state index contributed by atoms with van der Waals surface area (Å²) in [7, 11) is 3.41. The fourth-order valence-electron chi connectivity index (χ4n) is 2.05. The van der Waals surface area contributed by atoms with Gasteiger partial charge in [0.2, 0.25) is 5.60 Å². The molecule has 1 fully saturated rings. The highest BCUT2D eigenvalue weighted by atomic mass is 16.8. The number of hydrogen-bond donors (Lipinski definition) is 0. The average Bonchev–Trinajstić information content (AvgIpc) is 2.68. The average molecular weight is 290 g/mol. The van der Waals surface area contributed by atoms with E-state index in [0.29, 0.717) is 0 Å². The van der Waals surface area contributed by atoms with Crippen molar-refractivity contribution >= 4 is 17.9 Å². The fraction of sp³-hybridized carbons (Fsp3) is 0.750. The van der Waals surface area contributed by atoms with Crippen LogP contribution in [0.15, 0.2) is 0 Å². The van der Waals surface area contributed by atoms with E-state index in [4.69, 9.17) is 9.47 Å². The minimum Gasteiger partial charge on any atom is -0.469 e. The Kier molecular flexibility index (Phi) is 4.72. The van der Waals surface area contributed by atoms with E-state index in [0.717, 1.165) is 21.3 Å². The van der Waals surface area contributed by atoms with Gasteiger partial charge in [-0.25, -0.2) is 9.59 Å². The summed E-state index contributed by atoms with van der Waals surface area (Å²) in [6.07, 6.45) is -1.95. The lowest BCUT2D eigenvalue weighted by molar-refractivity contribution is -0.192. The van der Waals surface area contributed by atoms with Crippen molar-refractivity contribution in [2.24, 2.45) is 0 Å². The number of carbonyl (C=O) groups excluding carboxylic acids is 3. The number of carbonyl (C=O) groups is 3. The molecule has 114 valence electrons. The minimum absolute atomic E-state index is 0.528. The molecular weight excluding hydrogens is 272 g/mol. The maximum absolute atomic E-state index is 12.1. The quantitative estimate of drug-likeness (QED) is 0.518. The van der Waals surface area contributed by atoms with Crippen LogP contribution in [0, 0.1) is 0 Å². The molecule has 20 heavy (non-hydrogen) atoms. The van der Waals surface area contributed by atoms with Gasteiger partial charge in [-0.15, -0.1) is 0 Å². The van der Waals surface area contributed by atoms with Gasteiger partial charge in [0.15, 0.2) is 11.9 Å². The topological polar surface area (TPSA) is 97.4 Å². The molecule has 0 aromatic heterocycles. The second-order valence-corrected chi connectivity index (χ2v) is 4.66. The van der Waals surface area contributed by atoms with Crippen LogP contribution in [0.2, 0.25) is 0 Å². The maximum Gasteiger partial charge on any atom is 0.342 e. The first-order chi connectivity index (χ1) is 9.22. The third-order valence-electron chi connectivity index (χ3n) is 2.83. The molecule has 1 saturated heterocycles. The minimum atomic E-state index is -1.93. The van der Waals surface area contributed by atoms with Gasteiger partial charge in [0.1, 0.15) is 0 Å². The molecule has 8 heteroatoms. The molecule has 1 aliphatic rings. The van der Waals surface area contributed by atoms with Crippen molar-refractivity contribution in [1.82, 2.24) is 0 Å². The Morgan fingerprint density at radius 2 is 1.65 bits per heavy atom. The summed E-state index contributed by atoms with van der Waals surface area (Å²) in [5.41, 5.74) is -1.93. The van der Waals surface area contributed by atoms with E-state index in [-0.39, 0.29) is 0 Å². The van der Waals surface area contributed by atoms with Crippen molar-refractivity contribution in [2.45, 2.75) is 37.8 Å². The Morgan fingerprint density at radius 1 is 1.05 bits per heavy atom. The van der Waals surface area contributed by atoms with Crippen molar-refractivity contribution in [1.29, 1.82) is 0 Å². The molecule has 8 nitrogen and oxygen atoms in total. The number of methoxy groups -OCH3 is 3. The van der Waals surface area contributed by atoms with Crippen LogP contribution in [0.4, 0.5) is 0 Å². The molecule has 2 atom stereocenters. The molecule has 0 radical (unpaired) electrons. The van der Waals surface area contributed by atoms with Gasteiger partial charge in [-0.3, -0.25) is 4.79 Å². The van der Waals surface area contributed by atoms with Crippen molar-refractivity contribution in [3.63, 3.8) is 0 Å². The molecule has 0 saturated carbocycles. The van der Waals surface area contributed by atoms with E-state index in [1.165, 1.54) is 13.8 Å². The van der Waals surface area contributed by atoms with Gasteiger partial charge in [0.05, 0.1) is 27.8 Å². The first kappa shape index (κ1) is 16.4. The first-order valence-corrected chi connectivity index (χ1v) is 5.83. The van der Waals surface area contributed by atoms with Crippen molar-refractivity contribution < 1.29 is 38.1 Å². The molecule has 1 heterocycles. The van der Waals surface area contributed by atoms with Gasteiger partial charge in [0.25, 0.3) is 0 Å². The number of ether oxygens (including phenoxy) is 5. The normalized spacial score (nSPS) is 27.8. The van der Waals surface area contributed by atoms with E-state index in [1.54, 1.807) is 0 Å². The fourth-order valence-corrected chi connectivity index (χ4v) is 2.05. The summed E-state index contributed by atoms with van der Waals surface area (Å²) < 4.78 is 24.6. The van der Waals surface area contributed by atoms with E-state index in [1.807, 2.05) is 0 Å². The lowest BCUT2D eigenvalue weighted by Gasteiger charge is -2.27. The van der Waals surface area contributed by atoms with Crippen LogP contribution < -0.4 is 0 Å². The van der Waals surface area contributed by atoms with E-state index in [2.05, 4.69) is 14.2 Å². The summed E-state index contributed by atoms with van der Waals surface area (Å²) in [5.74, 6) is -3.76. The predicted molar refractivity (Wildman–Crippen MR) is 63.4 cm³/mol. The number of rotatable bonds is 4. The molecular formula is C12H18O8. The first-order valence-electron chi connectivity index (χ1n) is 5.83. The third kappa shape index (κ3) is 2.91. The third-order valence-corrected chi connectivity index (χ3v) is 2.83. The zero-order valence-electron chi connectivity index (χ0n) is 12.1. The van der Waals surface area contributed by atoms with Crippen molar-refractivity contribution in [3.8, 4) is 0 Å². The summed E-state index contributed by atoms with van der Waals surface area (Å²) >= 11 is 0. The molecule has 0 aromatic carbocycles. The summed E-state index contributed by atoms with van der Waals surface area (Å²) in [4.78, 5) is 35.4. The molecule has 0 N–H and O–H groups in total. The molecule has 0 bridgehead atoms. The van der Waals surface area contributed by atoms with Crippen LogP contribution >= 0.6 is 0 Å². The Labute approximate surface area is 116 Å². The molecule has 2 unspecified atom stereocenters. The summed E-state index contributed by atoms with van der Waals surface area (Å²) in [5, 5.41) is 0. The SMILES string of the molecule is COC(=O)CC1(C(=O)OC)OC(C)(C)OC1C(=O)OC. The molecule has 1 rings (SSSR count). The van der Waals surface area contributed by atoms with Gasteiger partial charge in [-0.05, 0) is 13.8 Å². The summed E-state index contributed by atoms with van der Waals surface area (Å²) in [6.45, 7) is 3.01. The van der Waals surface area contributed by atoms with Gasteiger partial charge < -0.3 is 23.7 Å². The Morgan fingerprint density at radius 3 is 2.10 bits per heavy atom. The van der Waals surface area contributed by atoms with Crippen LogP contribution in [0.25, 0.3) is 0 Å². The van der Waals surface area contributed by atoms with Gasteiger partial charge >= 0.3 is 17.9 Å². The largest absolute Gasteiger partial charge is 0.469 e. The van der Waals surface area contributed by atoms with Gasteiger partial charge in [0, 0.05) is 0 Å². The maximum atomic E-state index is 12.1. The van der Waals surface area contributed by atoms with Crippen LogP contribution in [0.5, 0.6) is 0 Å². The zero-order chi connectivity index (χ0) is 15.6. The second-order valence-electron chi connectivity index (χ2n) is 4.66. The smallest absolute Gasteiger partial charge is 0.342 e. The highest BCUT2D eigenvalue weighted by molar-refractivity contribution is 5.93. The lowest BCUT2D eigenvalue weighted by atomic mass is 9.92. The zero-order valence-corrected chi connectivity index (χ0v) is 12.1. The predicted octanol–water partition coefficient (Wildman–Crippen LogP) is -0.214. The second kappa shape index (κ2) is 5.76. The van der Waals surface area contributed by atoms with E-state index in [9.17, 15) is 14.4 Å². The van der Waals surface area contributed by atoms with Crippen LogP contribution in [0.3, 0.4) is 0 Å². The van der Waals surface area contributed by atoms with Gasteiger partial charge in [-0.1, -0.05) is 0 Å². The Bertz CT molecular complexity index is 416. The molecule has 0 amide bonds. The van der Waals surface area contributed by atoms with Crippen LogP contribution in [-0.4, -0.2) is 56.7 Å². The van der Waals surface area contributed by atoms with Crippen molar-refractivity contribution in [2.75, 3.05) is 21.3 Å². The molecule has 0 aliphatic carbocycles. The molecule has 0 spiro atoms. The van der Waals surface area contributed by atoms with E-state index >= 15 is 0 Å². The highest BCUT2D eigenvalue weighted by Gasteiger charge is 2.64. The lowest BCUT2D eigenvalue weighted by Crippen LogP contribution is -2.53. The summed E-state index contributed by atoms with van der Waals surface area (Å²) in [6, 6.07) is 0. The standard InChI is InChI=1S/C12H18O8/c1-11(2)19-8(9(14)17-4)12(20-11,10(15)18-5)6-7(13)16-3/h8H,6H2,1-5H3. The van der Waals surface area contributed by atoms with Crippen LogP contribution in [-0.2, 0) is 38.1 Å². The van der Waals surface area contributed by atoms with Crippen molar-refractivity contribution in [3.05, 3.63) is 0 Å². The van der Waals surface area contributed by atoms with E-state index < -0.39 is 41.8 Å². The number of esters is 3. The van der Waals surface area contributed by atoms with Gasteiger partial charge in [-0.2, -0.15) is 0 Å². The van der Waals surface area contributed by atoms with Crippen LogP contribution in [0.1, 0.15) is 20.3 Å². The monoisotopic (exact) mass is 290 g/mol. The molecule has 0 aromatic rings.